The molecule has 1 fully saturated rings. The zero-order valence-corrected chi connectivity index (χ0v) is 18.5. The summed E-state index contributed by atoms with van der Waals surface area (Å²) < 4.78 is 31.8. The largest absolute Gasteiger partial charge is 0.451 e. The van der Waals surface area contributed by atoms with E-state index in [1.807, 2.05) is 0 Å². The van der Waals surface area contributed by atoms with Crippen LogP contribution >= 0.6 is 11.3 Å². The molecule has 1 aliphatic rings. The Kier molecular flexibility index (Phi) is 6.53. The lowest BCUT2D eigenvalue weighted by molar-refractivity contribution is -0.135. The van der Waals surface area contributed by atoms with Gasteiger partial charge in [0.1, 0.15) is 0 Å². The SMILES string of the molecule is O=C(OCC(=O)N1CCN(S(=O)(=O)c2ccccc2)CC1)c1csc(-c2ncccn2)n1. The molecule has 0 spiro atoms. The fourth-order valence-electron chi connectivity index (χ4n) is 3.09. The molecule has 0 aliphatic carbocycles. The lowest BCUT2D eigenvalue weighted by Crippen LogP contribution is -2.51. The number of esters is 1. The van der Waals surface area contributed by atoms with E-state index in [1.54, 1.807) is 48.8 Å². The Balaban J connectivity index is 1.28. The zero-order valence-electron chi connectivity index (χ0n) is 16.8. The number of aromatic nitrogens is 3. The first-order valence-electron chi connectivity index (χ1n) is 9.68. The van der Waals surface area contributed by atoms with Gasteiger partial charge in [-0.15, -0.1) is 11.3 Å². The van der Waals surface area contributed by atoms with Crippen molar-refractivity contribution in [3.8, 4) is 10.8 Å². The van der Waals surface area contributed by atoms with Crippen molar-refractivity contribution in [2.24, 2.45) is 0 Å². The highest BCUT2D eigenvalue weighted by Crippen LogP contribution is 2.20. The molecule has 10 nitrogen and oxygen atoms in total. The molecule has 166 valence electrons. The van der Waals surface area contributed by atoms with Crippen LogP contribution in [0, 0.1) is 0 Å². The molecule has 1 saturated heterocycles. The molecule has 32 heavy (non-hydrogen) atoms. The monoisotopic (exact) mass is 473 g/mol. The molecule has 3 heterocycles. The highest BCUT2D eigenvalue weighted by Gasteiger charge is 2.30. The number of amides is 1. The van der Waals surface area contributed by atoms with Crippen LogP contribution in [-0.4, -0.2) is 77.2 Å². The van der Waals surface area contributed by atoms with Crippen LogP contribution in [0.1, 0.15) is 10.5 Å². The summed E-state index contributed by atoms with van der Waals surface area (Å²) in [6.07, 6.45) is 3.15. The smallest absolute Gasteiger partial charge is 0.358 e. The van der Waals surface area contributed by atoms with Gasteiger partial charge in [-0.3, -0.25) is 4.79 Å². The quantitative estimate of drug-likeness (QED) is 0.491. The highest BCUT2D eigenvalue weighted by atomic mass is 32.2. The van der Waals surface area contributed by atoms with Crippen molar-refractivity contribution in [2.75, 3.05) is 32.8 Å². The van der Waals surface area contributed by atoms with E-state index in [-0.39, 0.29) is 36.8 Å². The molecule has 0 atom stereocenters. The number of benzene rings is 1. The van der Waals surface area contributed by atoms with Gasteiger partial charge in [0.05, 0.1) is 4.90 Å². The number of hydrogen-bond donors (Lipinski definition) is 0. The van der Waals surface area contributed by atoms with Crippen molar-refractivity contribution >= 4 is 33.2 Å². The normalized spacial score (nSPS) is 14.8. The molecule has 1 aromatic carbocycles. The van der Waals surface area contributed by atoms with E-state index in [0.717, 1.165) is 0 Å². The van der Waals surface area contributed by atoms with Crippen LogP contribution in [0.3, 0.4) is 0 Å². The molecule has 4 rings (SSSR count). The summed E-state index contributed by atoms with van der Waals surface area (Å²) >= 11 is 1.20. The molecule has 2 aromatic heterocycles. The minimum absolute atomic E-state index is 0.0732. The third-order valence-corrected chi connectivity index (χ3v) is 7.52. The molecule has 1 amide bonds. The maximum absolute atomic E-state index is 12.7. The second-order valence-corrected chi connectivity index (χ2v) is 9.58. The van der Waals surface area contributed by atoms with Crippen LogP contribution in [0.25, 0.3) is 10.8 Å². The third kappa shape index (κ3) is 4.82. The van der Waals surface area contributed by atoms with Crippen LogP contribution in [0.5, 0.6) is 0 Å². The molecule has 0 bridgehead atoms. The Hall–Kier alpha value is -3.22. The molecule has 12 heteroatoms. The van der Waals surface area contributed by atoms with E-state index in [9.17, 15) is 18.0 Å². The number of carbonyl (C=O) groups is 2. The van der Waals surface area contributed by atoms with Gasteiger partial charge in [0.15, 0.2) is 23.1 Å². The minimum atomic E-state index is -3.60. The van der Waals surface area contributed by atoms with E-state index in [2.05, 4.69) is 15.0 Å². The second kappa shape index (κ2) is 9.51. The number of thiazole rings is 1. The number of rotatable bonds is 6. The van der Waals surface area contributed by atoms with Gasteiger partial charge in [0, 0.05) is 44.0 Å². The Bertz CT molecular complexity index is 1190. The highest BCUT2D eigenvalue weighted by molar-refractivity contribution is 7.89. The Morgan fingerprint density at radius 3 is 2.38 bits per heavy atom. The summed E-state index contributed by atoms with van der Waals surface area (Å²) in [5.41, 5.74) is 0.0732. The standard InChI is InChI=1S/C20H19N5O5S2/c26-17(13-30-20(27)16-14-31-19(23-16)18-21-7-4-8-22-18)24-9-11-25(12-10-24)32(28,29)15-5-2-1-3-6-15/h1-8,14H,9-13H2. The number of carbonyl (C=O) groups excluding carboxylic acids is 2. The van der Waals surface area contributed by atoms with Crippen LogP contribution in [-0.2, 0) is 19.6 Å². The maximum Gasteiger partial charge on any atom is 0.358 e. The van der Waals surface area contributed by atoms with E-state index >= 15 is 0 Å². The van der Waals surface area contributed by atoms with Crippen molar-refractivity contribution in [1.29, 1.82) is 0 Å². The van der Waals surface area contributed by atoms with Crippen LogP contribution in [0.15, 0.2) is 59.1 Å². The molecule has 0 radical (unpaired) electrons. The van der Waals surface area contributed by atoms with Crippen molar-refractivity contribution in [3.05, 3.63) is 59.9 Å². The predicted octanol–water partition coefficient (Wildman–Crippen LogP) is 1.29. The summed E-state index contributed by atoms with van der Waals surface area (Å²) in [4.78, 5) is 38.7. The molecule has 3 aromatic rings. The third-order valence-electron chi connectivity index (χ3n) is 4.77. The summed E-state index contributed by atoms with van der Waals surface area (Å²) in [5, 5.41) is 1.99. The van der Waals surface area contributed by atoms with Crippen LogP contribution < -0.4 is 0 Å². The fourth-order valence-corrected chi connectivity index (χ4v) is 5.27. The number of sulfonamides is 1. The van der Waals surface area contributed by atoms with Gasteiger partial charge in [0.25, 0.3) is 5.91 Å². The van der Waals surface area contributed by atoms with Crippen LogP contribution in [0.2, 0.25) is 0 Å². The first kappa shape index (κ1) is 22.0. The first-order valence-corrected chi connectivity index (χ1v) is 12.0. The molecule has 0 N–H and O–H groups in total. The molecule has 1 aliphatic heterocycles. The van der Waals surface area contributed by atoms with Gasteiger partial charge in [-0.05, 0) is 18.2 Å². The molecule has 0 unspecified atom stereocenters. The van der Waals surface area contributed by atoms with Crippen molar-refractivity contribution in [3.63, 3.8) is 0 Å². The van der Waals surface area contributed by atoms with E-state index < -0.39 is 28.5 Å². The van der Waals surface area contributed by atoms with Crippen LogP contribution in [0.4, 0.5) is 0 Å². The molecular weight excluding hydrogens is 454 g/mol. The van der Waals surface area contributed by atoms with Crippen molar-refractivity contribution < 1.29 is 22.7 Å². The average molecular weight is 474 g/mol. The Morgan fingerprint density at radius 2 is 1.69 bits per heavy atom. The van der Waals surface area contributed by atoms with E-state index in [4.69, 9.17) is 4.74 Å². The second-order valence-electron chi connectivity index (χ2n) is 6.78. The summed E-state index contributed by atoms with van der Waals surface area (Å²) in [6.45, 7) is 0.328. The average Bonchev–Trinajstić information content (AvgIpc) is 3.34. The number of piperazine rings is 1. The van der Waals surface area contributed by atoms with Gasteiger partial charge in [-0.1, -0.05) is 18.2 Å². The van der Waals surface area contributed by atoms with Gasteiger partial charge >= 0.3 is 5.97 Å². The molecule has 0 saturated carbocycles. The summed E-state index contributed by atoms with van der Waals surface area (Å²) in [6, 6.07) is 9.84. The molecular formula is C20H19N5O5S2. The number of ether oxygens (including phenoxy) is 1. The van der Waals surface area contributed by atoms with Crippen molar-refractivity contribution in [1.82, 2.24) is 24.2 Å². The Labute approximate surface area is 188 Å². The number of hydrogen-bond acceptors (Lipinski definition) is 9. The zero-order chi connectivity index (χ0) is 22.6. The fraction of sp³-hybridized carbons (Fsp3) is 0.250. The van der Waals surface area contributed by atoms with Gasteiger partial charge in [-0.2, -0.15) is 4.31 Å². The maximum atomic E-state index is 12.7. The van der Waals surface area contributed by atoms with E-state index in [0.29, 0.717) is 10.8 Å². The lowest BCUT2D eigenvalue weighted by atomic mass is 10.3. The first-order chi connectivity index (χ1) is 15.4. The topological polar surface area (TPSA) is 123 Å². The minimum Gasteiger partial charge on any atom is -0.451 e. The Morgan fingerprint density at radius 1 is 1.00 bits per heavy atom. The van der Waals surface area contributed by atoms with Gasteiger partial charge < -0.3 is 9.64 Å². The van der Waals surface area contributed by atoms with Gasteiger partial charge in [-0.25, -0.2) is 28.2 Å². The summed E-state index contributed by atoms with van der Waals surface area (Å²) in [5.74, 6) is -0.713. The lowest BCUT2D eigenvalue weighted by Gasteiger charge is -2.33. The van der Waals surface area contributed by atoms with Crippen molar-refractivity contribution in [2.45, 2.75) is 4.90 Å². The van der Waals surface area contributed by atoms with E-state index in [1.165, 1.54) is 25.9 Å². The summed E-state index contributed by atoms with van der Waals surface area (Å²) in [7, 11) is -3.60. The predicted molar refractivity (Wildman–Crippen MR) is 115 cm³/mol. The van der Waals surface area contributed by atoms with Gasteiger partial charge in [0.2, 0.25) is 10.0 Å². The number of nitrogens with zero attached hydrogens (tertiary/aromatic N) is 5.